The zero-order chi connectivity index (χ0) is 28.3. The van der Waals surface area contributed by atoms with Crippen LogP contribution in [-0.2, 0) is 11.3 Å². The smallest absolute Gasteiger partial charge is 0.274 e. The molecule has 2 aliphatic heterocycles. The molecular weight excluding hydrogens is 541 g/mol. The Hall–Kier alpha value is -4.09. The fourth-order valence-corrected chi connectivity index (χ4v) is 6.42. The Kier molecular flexibility index (Phi) is 7.80. The number of benzene rings is 1. The van der Waals surface area contributed by atoms with E-state index < -0.39 is 5.95 Å². The number of amides is 2. The number of rotatable bonds is 8. The van der Waals surface area contributed by atoms with Gasteiger partial charge in [0.15, 0.2) is 5.13 Å². The second-order valence-electron chi connectivity index (χ2n) is 10.7. The maximum absolute atomic E-state index is 13.5. The largest absolute Gasteiger partial charge is 0.363 e. The van der Waals surface area contributed by atoms with E-state index in [0.29, 0.717) is 17.4 Å². The van der Waals surface area contributed by atoms with Crippen molar-refractivity contribution in [1.29, 1.82) is 0 Å². The molecule has 0 aliphatic carbocycles. The van der Waals surface area contributed by atoms with E-state index in [0.717, 1.165) is 61.5 Å². The maximum atomic E-state index is 13.5. The van der Waals surface area contributed by atoms with Crippen molar-refractivity contribution in [3.63, 3.8) is 0 Å². The summed E-state index contributed by atoms with van der Waals surface area (Å²) in [5.74, 6) is -0.697. The van der Waals surface area contributed by atoms with Gasteiger partial charge < -0.3 is 19.7 Å². The molecule has 1 aromatic carbocycles. The van der Waals surface area contributed by atoms with Crippen molar-refractivity contribution in [2.75, 3.05) is 42.2 Å². The first-order chi connectivity index (χ1) is 19.9. The molecule has 2 N–H and O–H groups in total. The second-order valence-corrected chi connectivity index (χ2v) is 11.5. The highest BCUT2D eigenvalue weighted by molar-refractivity contribution is 7.14. The molecule has 1 unspecified atom stereocenters. The van der Waals surface area contributed by atoms with Gasteiger partial charge in [-0.2, -0.15) is 4.39 Å². The lowest BCUT2D eigenvalue weighted by Crippen LogP contribution is -2.25. The summed E-state index contributed by atoms with van der Waals surface area (Å²) >= 11 is 1.40. The Bertz CT molecular complexity index is 1540. The Morgan fingerprint density at radius 2 is 1.95 bits per heavy atom. The zero-order valence-corrected chi connectivity index (χ0v) is 23.6. The van der Waals surface area contributed by atoms with Gasteiger partial charge in [-0.25, -0.2) is 9.97 Å². The topological polar surface area (TPSA) is 95.4 Å². The molecular formula is C30H32FN7O2S. The standard InChI is InChI=1S/C30H32FN7O2S/c1-36-15-11-21(18-36)28(39)33-22-6-8-23(9-7-22)38-14-3-4-25(38)24-19-41-30(34-24)35-29(40)26-5-2-13-37(26)17-20-10-12-32-27(31)16-20/h2,5-10,12-13,16,19,21,25H,3-4,11,14-15,17-18H2,1H3,(H,33,39)(H,34,35,40)/t21?,25-/m1/s1. The van der Waals surface area contributed by atoms with Crippen molar-refractivity contribution < 1.29 is 14.0 Å². The van der Waals surface area contributed by atoms with E-state index in [4.69, 9.17) is 4.98 Å². The van der Waals surface area contributed by atoms with Crippen LogP contribution in [0.15, 0.2) is 66.3 Å². The molecule has 2 aliphatic rings. The first-order valence-electron chi connectivity index (χ1n) is 13.8. The van der Waals surface area contributed by atoms with Crippen molar-refractivity contribution in [3.05, 3.63) is 89.2 Å². The number of pyridine rings is 1. The molecule has 2 fully saturated rings. The number of likely N-dealkylation sites (tertiary alicyclic amines) is 1. The predicted octanol–water partition coefficient (Wildman–Crippen LogP) is 5.01. The summed E-state index contributed by atoms with van der Waals surface area (Å²) < 4.78 is 15.3. The molecule has 0 bridgehead atoms. The molecule has 11 heteroatoms. The van der Waals surface area contributed by atoms with Crippen LogP contribution in [-0.4, -0.2) is 57.9 Å². The van der Waals surface area contributed by atoms with Crippen LogP contribution in [0.5, 0.6) is 0 Å². The molecule has 2 atom stereocenters. The van der Waals surface area contributed by atoms with Crippen LogP contribution in [0.3, 0.4) is 0 Å². The van der Waals surface area contributed by atoms with Gasteiger partial charge in [0.25, 0.3) is 5.91 Å². The molecule has 6 rings (SSSR count). The van der Waals surface area contributed by atoms with Crippen LogP contribution in [0.4, 0.5) is 20.9 Å². The van der Waals surface area contributed by atoms with Crippen LogP contribution in [0.1, 0.15) is 47.1 Å². The van der Waals surface area contributed by atoms with E-state index in [1.807, 2.05) is 36.7 Å². The molecule has 2 amide bonds. The minimum atomic E-state index is -0.549. The van der Waals surface area contributed by atoms with Gasteiger partial charge in [-0.1, -0.05) is 0 Å². The number of carbonyl (C=O) groups excluding carboxylic acids is 2. The van der Waals surface area contributed by atoms with Gasteiger partial charge in [-0.05, 0) is 86.9 Å². The minimum absolute atomic E-state index is 0.0391. The lowest BCUT2D eigenvalue weighted by molar-refractivity contribution is -0.119. The molecule has 4 aromatic rings. The summed E-state index contributed by atoms with van der Waals surface area (Å²) in [7, 11) is 2.04. The fraction of sp³-hybridized carbons (Fsp3) is 0.333. The van der Waals surface area contributed by atoms with Crippen LogP contribution < -0.4 is 15.5 Å². The molecule has 0 saturated carbocycles. The molecule has 3 aromatic heterocycles. The Labute approximate surface area is 242 Å². The summed E-state index contributed by atoms with van der Waals surface area (Å²) in [4.78, 5) is 38.6. The summed E-state index contributed by atoms with van der Waals surface area (Å²) in [6, 6.07) is 14.7. The van der Waals surface area contributed by atoms with Crippen molar-refractivity contribution in [2.24, 2.45) is 5.92 Å². The average Bonchev–Trinajstić information content (AvgIpc) is 3.77. The number of hydrogen-bond acceptors (Lipinski definition) is 7. The number of anilines is 3. The number of thiazole rings is 1. The van der Waals surface area contributed by atoms with E-state index in [1.54, 1.807) is 29.0 Å². The fourth-order valence-electron chi connectivity index (χ4n) is 5.67. The molecule has 0 radical (unpaired) electrons. The third-order valence-electron chi connectivity index (χ3n) is 7.77. The highest BCUT2D eigenvalue weighted by atomic mass is 32.1. The number of carbonyl (C=O) groups is 2. The molecule has 5 heterocycles. The number of nitrogens with one attached hydrogen (secondary N) is 2. The predicted molar refractivity (Wildman–Crippen MR) is 158 cm³/mol. The van der Waals surface area contributed by atoms with E-state index in [9.17, 15) is 14.0 Å². The van der Waals surface area contributed by atoms with E-state index >= 15 is 0 Å². The third kappa shape index (κ3) is 6.15. The van der Waals surface area contributed by atoms with Gasteiger partial charge in [0.2, 0.25) is 11.9 Å². The summed E-state index contributed by atoms with van der Waals surface area (Å²) in [6.07, 6.45) is 6.11. The van der Waals surface area contributed by atoms with Crippen LogP contribution in [0, 0.1) is 11.9 Å². The van der Waals surface area contributed by atoms with E-state index in [-0.39, 0.29) is 23.8 Å². The van der Waals surface area contributed by atoms with Gasteiger partial charge in [0, 0.05) is 48.8 Å². The van der Waals surface area contributed by atoms with Crippen molar-refractivity contribution in [2.45, 2.75) is 31.8 Å². The summed E-state index contributed by atoms with van der Waals surface area (Å²) in [5.41, 5.74) is 4.00. The summed E-state index contributed by atoms with van der Waals surface area (Å²) in [5, 5.41) is 8.53. The zero-order valence-electron chi connectivity index (χ0n) is 22.8. The number of halogens is 1. The minimum Gasteiger partial charge on any atom is -0.363 e. The highest BCUT2D eigenvalue weighted by Gasteiger charge is 2.29. The average molecular weight is 574 g/mol. The second kappa shape index (κ2) is 11.8. The first kappa shape index (κ1) is 27.1. The van der Waals surface area contributed by atoms with Gasteiger partial charge in [0.05, 0.1) is 17.7 Å². The normalized spacial score (nSPS) is 19.0. The Morgan fingerprint density at radius 1 is 1.10 bits per heavy atom. The van der Waals surface area contributed by atoms with Crippen LogP contribution in [0.2, 0.25) is 0 Å². The van der Waals surface area contributed by atoms with Crippen molar-refractivity contribution in [3.8, 4) is 0 Å². The number of aromatic nitrogens is 3. The van der Waals surface area contributed by atoms with Crippen molar-refractivity contribution >= 4 is 39.7 Å². The molecule has 41 heavy (non-hydrogen) atoms. The summed E-state index contributed by atoms with van der Waals surface area (Å²) in [6.45, 7) is 3.02. The van der Waals surface area contributed by atoms with E-state index in [2.05, 4.69) is 25.4 Å². The molecule has 9 nitrogen and oxygen atoms in total. The third-order valence-corrected chi connectivity index (χ3v) is 8.55. The van der Waals surface area contributed by atoms with Gasteiger partial charge >= 0.3 is 0 Å². The molecule has 2 saturated heterocycles. The lowest BCUT2D eigenvalue weighted by atomic mass is 10.1. The number of nitrogens with zero attached hydrogens (tertiary/aromatic N) is 5. The van der Waals surface area contributed by atoms with Gasteiger partial charge in [-0.3, -0.25) is 14.9 Å². The lowest BCUT2D eigenvalue weighted by Gasteiger charge is -2.26. The Balaban J connectivity index is 1.09. The maximum Gasteiger partial charge on any atom is 0.274 e. The number of hydrogen-bond donors (Lipinski definition) is 2. The van der Waals surface area contributed by atoms with E-state index in [1.165, 1.54) is 23.6 Å². The Morgan fingerprint density at radius 3 is 2.73 bits per heavy atom. The molecule has 0 spiro atoms. The monoisotopic (exact) mass is 573 g/mol. The van der Waals surface area contributed by atoms with Crippen LogP contribution in [0.25, 0.3) is 0 Å². The van der Waals surface area contributed by atoms with Gasteiger partial charge in [-0.15, -0.1) is 11.3 Å². The van der Waals surface area contributed by atoms with Crippen LogP contribution >= 0.6 is 11.3 Å². The first-order valence-corrected chi connectivity index (χ1v) is 14.7. The quantitative estimate of drug-likeness (QED) is 0.288. The van der Waals surface area contributed by atoms with Crippen molar-refractivity contribution in [1.82, 2.24) is 19.4 Å². The highest BCUT2D eigenvalue weighted by Crippen LogP contribution is 2.37. The molecule has 212 valence electrons. The van der Waals surface area contributed by atoms with Gasteiger partial charge in [0.1, 0.15) is 5.69 Å². The SMILES string of the molecule is CN1CCC(C(=O)Nc2ccc(N3CCC[C@@H]3c3csc(NC(=O)c4cccn4Cc4ccnc(F)c4)n3)cc2)C1.